The Bertz CT molecular complexity index is 284. The van der Waals surface area contributed by atoms with Crippen LogP contribution in [0, 0.1) is 5.92 Å². The maximum Gasteiger partial charge on any atom is 0.224 e. The van der Waals surface area contributed by atoms with Gasteiger partial charge in [-0.1, -0.05) is 6.92 Å². The molecule has 0 aliphatic carbocycles. The number of carbonyl (C=O) groups excluding carboxylic acids is 1. The van der Waals surface area contributed by atoms with E-state index in [4.69, 9.17) is 5.73 Å². The molecule has 15 heavy (non-hydrogen) atoms. The number of hydrogen-bond donors (Lipinski definition) is 2. The van der Waals surface area contributed by atoms with E-state index in [1.54, 1.807) is 12.5 Å². The van der Waals surface area contributed by atoms with Crippen LogP contribution in [0.4, 0.5) is 0 Å². The second-order valence-electron chi connectivity index (χ2n) is 3.58. The van der Waals surface area contributed by atoms with Gasteiger partial charge in [0.1, 0.15) is 0 Å². The number of amides is 1. The second-order valence-corrected chi connectivity index (χ2v) is 3.58. The summed E-state index contributed by atoms with van der Waals surface area (Å²) in [5.41, 5.74) is 5.38. The minimum absolute atomic E-state index is 0.0307. The molecular weight excluding hydrogens is 192 g/mol. The smallest absolute Gasteiger partial charge is 0.224 e. The van der Waals surface area contributed by atoms with Gasteiger partial charge in [-0.15, -0.1) is 0 Å². The molecule has 0 saturated carbocycles. The van der Waals surface area contributed by atoms with Gasteiger partial charge in [0.15, 0.2) is 0 Å². The highest BCUT2D eigenvalue weighted by Crippen LogP contribution is 1.92. The Morgan fingerprint density at radius 2 is 2.47 bits per heavy atom. The van der Waals surface area contributed by atoms with Crippen molar-refractivity contribution in [1.29, 1.82) is 0 Å². The molecule has 1 amide bonds. The number of hydrogen-bond acceptors (Lipinski definition) is 3. The van der Waals surface area contributed by atoms with Crippen molar-refractivity contribution >= 4 is 5.91 Å². The van der Waals surface area contributed by atoms with Crippen LogP contribution in [0.15, 0.2) is 18.7 Å². The van der Waals surface area contributed by atoms with Crippen molar-refractivity contribution in [3.05, 3.63) is 18.7 Å². The zero-order valence-corrected chi connectivity index (χ0v) is 9.02. The highest BCUT2D eigenvalue weighted by atomic mass is 16.1. The largest absolute Gasteiger partial charge is 0.356 e. The third-order valence-corrected chi connectivity index (χ3v) is 2.25. The van der Waals surface area contributed by atoms with Crippen LogP contribution >= 0.6 is 0 Å². The first kappa shape index (κ1) is 11.7. The summed E-state index contributed by atoms with van der Waals surface area (Å²) in [6.45, 7) is 3.77. The number of aromatic nitrogens is 2. The summed E-state index contributed by atoms with van der Waals surface area (Å²) < 4.78 is 1.98. The van der Waals surface area contributed by atoms with Gasteiger partial charge in [0, 0.05) is 37.9 Å². The van der Waals surface area contributed by atoms with Crippen LogP contribution in [0.3, 0.4) is 0 Å². The Hall–Kier alpha value is -1.36. The van der Waals surface area contributed by atoms with Crippen LogP contribution < -0.4 is 11.1 Å². The van der Waals surface area contributed by atoms with Crippen LogP contribution in [0.5, 0.6) is 0 Å². The van der Waals surface area contributed by atoms with E-state index in [2.05, 4.69) is 10.3 Å². The normalized spacial score (nSPS) is 12.4. The molecule has 1 heterocycles. The molecule has 5 nitrogen and oxygen atoms in total. The summed E-state index contributed by atoms with van der Waals surface area (Å²) in [6, 6.07) is 0. The lowest BCUT2D eigenvalue weighted by Gasteiger charge is -2.09. The summed E-state index contributed by atoms with van der Waals surface area (Å²) in [6.07, 6.45) is 6.32. The molecule has 5 heteroatoms. The molecule has 0 aliphatic heterocycles. The summed E-state index contributed by atoms with van der Waals surface area (Å²) in [7, 11) is 0. The van der Waals surface area contributed by atoms with Crippen molar-refractivity contribution < 1.29 is 4.79 Å². The zero-order valence-electron chi connectivity index (χ0n) is 9.02. The molecule has 0 spiro atoms. The first-order valence-corrected chi connectivity index (χ1v) is 5.17. The van der Waals surface area contributed by atoms with Crippen LogP contribution in [0.25, 0.3) is 0 Å². The Balaban J connectivity index is 2.09. The molecule has 0 aromatic carbocycles. The van der Waals surface area contributed by atoms with Crippen molar-refractivity contribution in [2.45, 2.75) is 19.9 Å². The first-order valence-electron chi connectivity index (χ1n) is 5.17. The lowest BCUT2D eigenvalue weighted by atomic mass is 10.2. The van der Waals surface area contributed by atoms with Crippen LogP contribution in [0.2, 0.25) is 0 Å². The van der Waals surface area contributed by atoms with Gasteiger partial charge in [0.2, 0.25) is 5.91 Å². The summed E-state index contributed by atoms with van der Waals surface area (Å²) in [5.74, 6) is -0.0682. The quantitative estimate of drug-likeness (QED) is 0.648. The molecule has 1 atom stereocenters. The van der Waals surface area contributed by atoms with E-state index >= 15 is 0 Å². The monoisotopic (exact) mass is 210 g/mol. The van der Waals surface area contributed by atoms with Crippen molar-refractivity contribution in [3.8, 4) is 0 Å². The van der Waals surface area contributed by atoms with Crippen LogP contribution in [-0.2, 0) is 11.3 Å². The van der Waals surface area contributed by atoms with Crippen molar-refractivity contribution in [2.24, 2.45) is 11.7 Å². The number of nitrogens with one attached hydrogen (secondary N) is 1. The summed E-state index contributed by atoms with van der Waals surface area (Å²) in [5, 5.41) is 2.84. The van der Waals surface area contributed by atoms with Crippen molar-refractivity contribution in [1.82, 2.24) is 14.9 Å². The average molecular weight is 210 g/mol. The number of nitrogens with two attached hydrogens (primary N) is 1. The van der Waals surface area contributed by atoms with Gasteiger partial charge in [0.25, 0.3) is 0 Å². The van der Waals surface area contributed by atoms with Gasteiger partial charge in [-0.25, -0.2) is 4.98 Å². The molecule has 3 N–H and O–H groups in total. The van der Waals surface area contributed by atoms with E-state index in [0.29, 0.717) is 13.1 Å². The standard InChI is InChI=1S/C10H18N4O/c1-9(7-11)10(15)13-3-2-5-14-6-4-12-8-14/h4,6,8-9H,2-3,5,7,11H2,1H3,(H,13,15). The number of imidazole rings is 1. The molecule has 1 aromatic heterocycles. The predicted octanol–water partition coefficient (Wildman–Crippen LogP) is -0.0158. The molecule has 84 valence electrons. The lowest BCUT2D eigenvalue weighted by Crippen LogP contribution is -2.34. The number of rotatable bonds is 6. The Morgan fingerprint density at radius 3 is 3.07 bits per heavy atom. The summed E-state index contributed by atoms with van der Waals surface area (Å²) in [4.78, 5) is 15.3. The Kier molecular flexibility index (Phi) is 4.83. The van der Waals surface area contributed by atoms with Gasteiger partial charge in [-0.3, -0.25) is 4.79 Å². The van der Waals surface area contributed by atoms with E-state index in [0.717, 1.165) is 13.0 Å². The summed E-state index contributed by atoms with van der Waals surface area (Å²) >= 11 is 0. The predicted molar refractivity (Wildman–Crippen MR) is 58.1 cm³/mol. The van der Waals surface area contributed by atoms with Crippen molar-refractivity contribution in [2.75, 3.05) is 13.1 Å². The molecule has 1 aromatic rings. The van der Waals surface area contributed by atoms with E-state index in [-0.39, 0.29) is 11.8 Å². The van der Waals surface area contributed by atoms with Gasteiger partial charge in [0.05, 0.1) is 6.33 Å². The van der Waals surface area contributed by atoms with Gasteiger partial charge < -0.3 is 15.6 Å². The van der Waals surface area contributed by atoms with Crippen molar-refractivity contribution in [3.63, 3.8) is 0 Å². The third-order valence-electron chi connectivity index (χ3n) is 2.25. The second kappa shape index (κ2) is 6.19. The zero-order chi connectivity index (χ0) is 11.1. The number of carbonyl (C=O) groups is 1. The average Bonchev–Trinajstić information content (AvgIpc) is 2.75. The Labute approximate surface area is 89.7 Å². The fourth-order valence-corrected chi connectivity index (χ4v) is 1.17. The number of aryl methyl sites for hydroxylation is 1. The molecule has 1 unspecified atom stereocenters. The molecule has 0 bridgehead atoms. The van der Waals surface area contributed by atoms with Crippen LogP contribution in [-0.4, -0.2) is 28.5 Å². The van der Waals surface area contributed by atoms with E-state index in [1.165, 1.54) is 0 Å². The van der Waals surface area contributed by atoms with E-state index in [1.807, 2.05) is 17.7 Å². The third kappa shape index (κ3) is 4.12. The fourth-order valence-electron chi connectivity index (χ4n) is 1.17. The number of nitrogens with zero attached hydrogens (tertiary/aromatic N) is 2. The first-order chi connectivity index (χ1) is 7.24. The highest BCUT2D eigenvalue weighted by molar-refractivity contribution is 5.78. The van der Waals surface area contributed by atoms with Gasteiger partial charge >= 0.3 is 0 Å². The van der Waals surface area contributed by atoms with Crippen LogP contribution in [0.1, 0.15) is 13.3 Å². The molecule has 1 rings (SSSR count). The Morgan fingerprint density at radius 1 is 1.67 bits per heavy atom. The van der Waals surface area contributed by atoms with E-state index in [9.17, 15) is 4.79 Å². The minimum Gasteiger partial charge on any atom is -0.356 e. The SMILES string of the molecule is CC(CN)C(=O)NCCCn1ccnc1. The maximum atomic E-state index is 11.3. The molecule has 0 fully saturated rings. The van der Waals surface area contributed by atoms with Gasteiger partial charge in [-0.2, -0.15) is 0 Å². The topological polar surface area (TPSA) is 72.9 Å². The van der Waals surface area contributed by atoms with Gasteiger partial charge in [-0.05, 0) is 6.42 Å². The molecular formula is C10H18N4O. The maximum absolute atomic E-state index is 11.3. The van der Waals surface area contributed by atoms with E-state index < -0.39 is 0 Å². The fraction of sp³-hybridized carbons (Fsp3) is 0.600. The highest BCUT2D eigenvalue weighted by Gasteiger charge is 2.08. The molecule has 0 aliphatic rings. The minimum atomic E-state index is -0.0988. The lowest BCUT2D eigenvalue weighted by molar-refractivity contribution is -0.124. The molecule has 0 saturated heterocycles. The molecule has 0 radical (unpaired) electrons.